The number of urea groups is 1. The van der Waals surface area contributed by atoms with E-state index in [4.69, 9.17) is 4.74 Å². The standard InChI is InChI=1S/C25H28N4O2S/c1-16-10-23(31-4)27-13-19(16)21-11-20-22(14-26-21)29(15-25(20,2)3)24(30)28-12-17-6-8-18(32-5)9-7-17/h6-11,13-14H,12,15H2,1-5H3,(H,28,30). The number of hydrogen-bond acceptors (Lipinski definition) is 5. The predicted octanol–water partition coefficient (Wildman–Crippen LogP) is 5.19. The molecule has 32 heavy (non-hydrogen) atoms. The van der Waals surface area contributed by atoms with Crippen LogP contribution in [0.2, 0.25) is 0 Å². The quantitative estimate of drug-likeness (QED) is 0.544. The molecule has 0 atom stereocenters. The van der Waals surface area contributed by atoms with Crippen LogP contribution in [0.1, 0.15) is 30.5 Å². The van der Waals surface area contributed by atoms with Crippen molar-refractivity contribution in [2.75, 3.05) is 24.8 Å². The molecule has 0 aliphatic carbocycles. The summed E-state index contributed by atoms with van der Waals surface area (Å²) < 4.78 is 5.22. The van der Waals surface area contributed by atoms with Crippen LogP contribution in [-0.2, 0) is 12.0 Å². The van der Waals surface area contributed by atoms with Gasteiger partial charge in [0.15, 0.2) is 0 Å². The number of rotatable bonds is 5. The number of aryl methyl sites for hydroxylation is 1. The summed E-state index contributed by atoms with van der Waals surface area (Å²) in [6, 6.07) is 12.1. The third-order valence-corrected chi connectivity index (χ3v) is 6.62. The molecule has 166 valence electrons. The zero-order valence-corrected chi connectivity index (χ0v) is 19.9. The van der Waals surface area contributed by atoms with Crippen molar-refractivity contribution in [2.45, 2.75) is 37.6 Å². The number of nitrogens with one attached hydrogen (secondary N) is 1. The molecule has 0 saturated carbocycles. The van der Waals surface area contributed by atoms with Crippen molar-refractivity contribution in [3.05, 3.63) is 65.5 Å². The van der Waals surface area contributed by atoms with Crippen molar-refractivity contribution in [2.24, 2.45) is 0 Å². The molecule has 1 N–H and O–H groups in total. The van der Waals surface area contributed by atoms with Crippen LogP contribution in [0.4, 0.5) is 10.5 Å². The fourth-order valence-electron chi connectivity index (χ4n) is 4.03. The van der Waals surface area contributed by atoms with E-state index in [1.54, 1.807) is 36.2 Å². The summed E-state index contributed by atoms with van der Waals surface area (Å²) in [6.45, 7) is 7.42. The minimum atomic E-state index is -0.182. The van der Waals surface area contributed by atoms with Crippen LogP contribution in [0.3, 0.4) is 0 Å². The van der Waals surface area contributed by atoms with Crippen LogP contribution < -0.4 is 15.0 Å². The molecule has 7 heteroatoms. The Labute approximate surface area is 193 Å². The van der Waals surface area contributed by atoms with Gasteiger partial charge >= 0.3 is 6.03 Å². The first-order valence-corrected chi connectivity index (χ1v) is 11.7. The highest BCUT2D eigenvalue weighted by Crippen LogP contribution is 2.42. The number of carbonyl (C=O) groups excluding carboxylic acids is 1. The minimum absolute atomic E-state index is 0.109. The number of hydrogen-bond donors (Lipinski definition) is 1. The first kappa shape index (κ1) is 22.1. The van der Waals surface area contributed by atoms with Gasteiger partial charge in [0.25, 0.3) is 0 Å². The highest BCUT2D eigenvalue weighted by atomic mass is 32.2. The van der Waals surface area contributed by atoms with Gasteiger partial charge < -0.3 is 10.1 Å². The van der Waals surface area contributed by atoms with Crippen LogP contribution in [0.25, 0.3) is 11.3 Å². The lowest BCUT2D eigenvalue weighted by Crippen LogP contribution is -2.41. The van der Waals surface area contributed by atoms with Gasteiger partial charge in [0.05, 0.1) is 24.7 Å². The van der Waals surface area contributed by atoms with E-state index in [0.29, 0.717) is 19.0 Å². The molecule has 1 aromatic carbocycles. The number of ether oxygens (including phenoxy) is 1. The molecular weight excluding hydrogens is 420 g/mol. The summed E-state index contributed by atoms with van der Waals surface area (Å²) >= 11 is 1.70. The topological polar surface area (TPSA) is 67.3 Å². The molecule has 1 aliphatic heterocycles. The number of anilines is 1. The van der Waals surface area contributed by atoms with Gasteiger partial charge in [0.2, 0.25) is 5.88 Å². The third kappa shape index (κ3) is 4.30. The Morgan fingerprint density at radius 1 is 1.19 bits per heavy atom. The normalized spacial score (nSPS) is 14.2. The maximum atomic E-state index is 13.0. The van der Waals surface area contributed by atoms with E-state index in [0.717, 1.165) is 33.6 Å². The van der Waals surface area contributed by atoms with Crippen molar-refractivity contribution in [3.8, 4) is 17.1 Å². The Bertz CT molecular complexity index is 1150. The van der Waals surface area contributed by atoms with Crippen molar-refractivity contribution >= 4 is 23.5 Å². The van der Waals surface area contributed by atoms with E-state index in [9.17, 15) is 4.79 Å². The summed E-state index contributed by atoms with van der Waals surface area (Å²) in [7, 11) is 1.61. The average Bonchev–Trinajstić information content (AvgIpc) is 3.08. The van der Waals surface area contributed by atoms with E-state index in [1.165, 1.54) is 4.90 Å². The first-order valence-electron chi connectivity index (χ1n) is 10.5. The maximum absolute atomic E-state index is 13.0. The minimum Gasteiger partial charge on any atom is -0.481 e. The Morgan fingerprint density at radius 3 is 2.59 bits per heavy atom. The van der Waals surface area contributed by atoms with Gasteiger partial charge in [-0.15, -0.1) is 11.8 Å². The average molecular weight is 449 g/mol. The number of thioether (sulfide) groups is 1. The van der Waals surface area contributed by atoms with Gasteiger partial charge in [-0.1, -0.05) is 26.0 Å². The first-order chi connectivity index (χ1) is 15.3. The smallest absolute Gasteiger partial charge is 0.322 e. The largest absolute Gasteiger partial charge is 0.481 e. The molecule has 0 fully saturated rings. The second-order valence-electron chi connectivity index (χ2n) is 8.61. The highest BCUT2D eigenvalue weighted by molar-refractivity contribution is 7.98. The zero-order chi connectivity index (χ0) is 22.9. The Balaban J connectivity index is 1.56. The highest BCUT2D eigenvalue weighted by Gasteiger charge is 2.38. The number of benzene rings is 1. The fourth-order valence-corrected chi connectivity index (χ4v) is 4.43. The van der Waals surface area contributed by atoms with E-state index >= 15 is 0 Å². The zero-order valence-electron chi connectivity index (χ0n) is 19.1. The SMILES string of the molecule is COc1cc(C)c(-c2cc3c(cn2)N(C(=O)NCc2ccc(SC)cc2)CC3(C)C)cn1. The number of pyridine rings is 2. The molecule has 0 saturated heterocycles. The van der Waals surface area contributed by atoms with E-state index in [-0.39, 0.29) is 11.4 Å². The molecule has 3 aromatic rings. The Morgan fingerprint density at radius 2 is 1.94 bits per heavy atom. The van der Waals surface area contributed by atoms with Crippen molar-refractivity contribution in [1.82, 2.24) is 15.3 Å². The maximum Gasteiger partial charge on any atom is 0.322 e. The van der Waals surface area contributed by atoms with Crippen LogP contribution in [0.15, 0.2) is 53.7 Å². The number of methoxy groups -OCH3 is 1. The molecule has 0 radical (unpaired) electrons. The predicted molar refractivity (Wildman–Crippen MR) is 130 cm³/mol. The van der Waals surface area contributed by atoms with Gasteiger partial charge in [-0.2, -0.15) is 0 Å². The van der Waals surface area contributed by atoms with Gasteiger partial charge in [0, 0.05) is 41.2 Å². The van der Waals surface area contributed by atoms with E-state index < -0.39 is 0 Å². The summed E-state index contributed by atoms with van der Waals surface area (Å²) in [5.41, 5.74) is 5.71. The molecule has 2 amide bonds. The number of aromatic nitrogens is 2. The van der Waals surface area contributed by atoms with Crippen LogP contribution in [-0.4, -0.2) is 35.9 Å². The van der Waals surface area contributed by atoms with Crippen molar-refractivity contribution in [1.29, 1.82) is 0 Å². The lowest BCUT2D eigenvalue weighted by atomic mass is 9.86. The van der Waals surface area contributed by atoms with Crippen LogP contribution >= 0.6 is 11.8 Å². The molecule has 0 bridgehead atoms. The Hall–Kier alpha value is -3.06. The summed E-state index contributed by atoms with van der Waals surface area (Å²) in [5.74, 6) is 0.582. The number of carbonyl (C=O) groups is 1. The monoisotopic (exact) mass is 448 g/mol. The van der Waals surface area contributed by atoms with Gasteiger partial charge in [-0.25, -0.2) is 9.78 Å². The fraction of sp³-hybridized carbons (Fsp3) is 0.320. The second-order valence-corrected chi connectivity index (χ2v) is 9.48. The molecule has 4 rings (SSSR count). The number of fused-ring (bicyclic) bond motifs is 1. The van der Waals surface area contributed by atoms with Gasteiger partial charge in [-0.3, -0.25) is 9.88 Å². The molecule has 0 unspecified atom stereocenters. The number of amides is 2. The lowest BCUT2D eigenvalue weighted by molar-refractivity contribution is 0.245. The summed E-state index contributed by atoms with van der Waals surface area (Å²) in [5, 5.41) is 3.05. The van der Waals surface area contributed by atoms with E-state index in [1.807, 2.05) is 25.1 Å². The van der Waals surface area contributed by atoms with Gasteiger partial charge in [-0.05, 0) is 48.1 Å². The second kappa shape index (κ2) is 8.82. The van der Waals surface area contributed by atoms with E-state index in [2.05, 4.69) is 53.6 Å². The molecular formula is C25H28N4O2S. The van der Waals surface area contributed by atoms with Crippen LogP contribution in [0.5, 0.6) is 5.88 Å². The molecule has 6 nitrogen and oxygen atoms in total. The molecule has 3 heterocycles. The number of nitrogens with zero attached hydrogens (tertiary/aromatic N) is 3. The van der Waals surface area contributed by atoms with Crippen LogP contribution in [0, 0.1) is 6.92 Å². The molecule has 0 spiro atoms. The molecule has 1 aliphatic rings. The molecule has 2 aromatic heterocycles. The Kier molecular flexibility index (Phi) is 6.11. The van der Waals surface area contributed by atoms with Gasteiger partial charge in [0.1, 0.15) is 0 Å². The third-order valence-electron chi connectivity index (χ3n) is 5.87. The van der Waals surface area contributed by atoms with Crippen molar-refractivity contribution < 1.29 is 9.53 Å². The summed E-state index contributed by atoms with van der Waals surface area (Å²) in [6.07, 6.45) is 5.64. The van der Waals surface area contributed by atoms with Crippen molar-refractivity contribution in [3.63, 3.8) is 0 Å². The lowest BCUT2D eigenvalue weighted by Gasteiger charge is -2.21. The summed E-state index contributed by atoms with van der Waals surface area (Å²) in [4.78, 5) is 25.0.